The van der Waals surface area contributed by atoms with E-state index in [0.29, 0.717) is 34.7 Å². The van der Waals surface area contributed by atoms with Gasteiger partial charge in [0.1, 0.15) is 11.3 Å². The minimum absolute atomic E-state index is 0.160. The van der Waals surface area contributed by atoms with Crippen LogP contribution in [0.3, 0.4) is 0 Å². The number of amides is 1. The second-order valence-electron chi connectivity index (χ2n) is 9.26. The zero-order valence-electron chi connectivity index (χ0n) is 19.5. The van der Waals surface area contributed by atoms with Gasteiger partial charge in [-0.15, -0.1) is 10.2 Å². The molecule has 0 unspecified atom stereocenters. The Balaban J connectivity index is 1.18. The normalized spacial score (nSPS) is 17.6. The lowest BCUT2D eigenvalue weighted by atomic mass is 9.88. The van der Waals surface area contributed by atoms with Gasteiger partial charge in [0.25, 0.3) is 11.1 Å². The highest BCUT2D eigenvalue weighted by Gasteiger charge is 2.32. The number of hydrogen-bond acceptors (Lipinski definition) is 7. The smallest absolute Gasteiger partial charge is 0.277 e. The molecule has 0 atom stereocenters. The van der Waals surface area contributed by atoms with E-state index in [2.05, 4.69) is 20.1 Å². The summed E-state index contributed by atoms with van der Waals surface area (Å²) in [6.45, 7) is 0.160. The molecule has 180 valence electrons. The van der Waals surface area contributed by atoms with Crippen LogP contribution in [0.2, 0.25) is 0 Å². The number of pyridine rings is 1. The molecule has 2 aliphatic rings. The SMILES string of the molecule is O=C(CSc1nnc(COc2cccc3cccnc23)o1)N(C1CCCCC1)C1CCCCC1. The Morgan fingerprint density at radius 1 is 0.971 bits per heavy atom. The first kappa shape index (κ1) is 23.1. The molecule has 5 rings (SSSR count). The summed E-state index contributed by atoms with van der Waals surface area (Å²) >= 11 is 1.33. The third-order valence-corrected chi connectivity index (χ3v) is 7.74. The summed E-state index contributed by atoms with van der Waals surface area (Å²) in [4.78, 5) is 20.0. The lowest BCUT2D eigenvalue weighted by Crippen LogP contribution is -2.49. The molecule has 1 amide bonds. The van der Waals surface area contributed by atoms with Gasteiger partial charge in [-0.2, -0.15) is 0 Å². The highest BCUT2D eigenvalue weighted by molar-refractivity contribution is 7.99. The Kier molecular flexibility index (Phi) is 7.63. The molecule has 2 saturated carbocycles. The maximum absolute atomic E-state index is 13.3. The van der Waals surface area contributed by atoms with E-state index in [1.165, 1.54) is 50.3 Å². The average molecular weight is 481 g/mol. The number of hydrogen-bond donors (Lipinski definition) is 0. The molecule has 0 N–H and O–H groups in total. The fourth-order valence-electron chi connectivity index (χ4n) is 5.31. The van der Waals surface area contributed by atoms with Gasteiger partial charge in [-0.05, 0) is 37.8 Å². The standard InChI is InChI=1S/C26H32N4O3S/c31-24(30(20-11-3-1-4-12-20)21-13-5-2-6-14-21)18-34-26-29-28-23(33-26)17-32-22-15-7-9-19-10-8-16-27-25(19)22/h7-10,15-16,20-21H,1-6,11-14,17-18H2. The molecular formula is C26H32N4O3S. The van der Waals surface area contributed by atoms with E-state index in [-0.39, 0.29) is 12.5 Å². The monoisotopic (exact) mass is 480 g/mol. The van der Waals surface area contributed by atoms with Crippen LogP contribution in [-0.2, 0) is 11.4 Å². The van der Waals surface area contributed by atoms with E-state index in [9.17, 15) is 4.79 Å². The number of rotatable bonds is 8. The van der Waals surface area contributed by atoms with Crippen LogP contribution in [0.15, 0.2) is 46.2 Å². The van der Waals surface area contributed by atoms with E-state index in [1.807, 2.05) is 30.3 Å². The number of benzene rings is 1. The van der Waals surface area contributed by atoms with Gasteiger partial charge in [0, 0.05) is 23.7 Å². The Labute approximate surface area is 204 Å². The van der Waals surface area contributed by atoms with Crippen molar-refractivity contribution in [1.29, 1.82) is 0 Å². The topological polar surface area (TPSA) is 81.3 Å². The number of carbonyl (C=O) groups is 1. The summed E-state index contributed by atoms with van der Waals surface area (Å²) in [6, 6.07) is 10.5. The second-order valence-corrected chi connectivity index (χ2v) is 10.2. The molecule has 0 saturated heterocycles. The molecule has 0 aliphatic heterocycles. The molecule has 2 heterocycles. The highest BCUT2D eigenvalue weighted by Crippen LogP contribution is 2.31. The number of ether oxygens (including phenoxy) is 1. The fourth-order valence-corrected chi connectivity index (χ4v) is 5.96. The molecule has 8 heteroatoms. The van der Waals surface area contributed by atoms with E-state index in [1.54, 1.807) is 6.20 Å². The molecule has 1 aromatic carbocycles. The van der Waals surface area contributed by atoms with Gasteiger partial charge in [-0.1, -0.05) is 68.5 Å². The molecule has 2 fully saturated rings. The van der Waals surface area contributed by atoms with Crippen molar-refractivity contribution in [3.05, 3.63) is 42.4 Å². The third-order valence-electron chi connectivity index (χ3n) is 6.94. The summed E-state index contributed by atoms with van der Waals surface area (Å²) in [5.74, 6) is 1.61. The molecule has 34 heavy (non-hydrogen) atoms. The average Bonchev–Trinajstić information content (AvgIpc) is 3.35. The second kappa shape index (κ2) is 11.2. The molecule has 7 nitrogen and oxygen atoms in total. The van der Waals surface area contributed by atoms with Gasteiger partial charge in [-0.3, -0.25) is 9.78 Å². The van der Waals surface area contributed by atoms with Gasteiger partial charge in [0.15, 0.2) is 6.61 Å². The maximum atomic E-state index is 13.3. The molecule has 0 radical (unpaired) electrons. The predicted molar refractivity (Wildman–Crippen MR) is 132 cm³/mol. The first-order valence-corrected chi connectivity index (χ1v) is 13.5. The zero-order chi connectivity index (χ0) is 23.2. The van der Waals surface area contributed by atoms with Gasteiger partial charge in [-0.25, -0.2) is 0 Å². The Morgan fingerprint density at radius 3 is 2.41 bits per heavy atom. The largest absolute Gasteiger partial charge is 0.482 e. The summed E-state index contributed by atoms with van der Waals surface area (Å²) < 4.78 is 11.7. The Bertz CT molecular complexity index is 1070. The minimum atomic E-state index is 0.160. The van der Waals surface area contributed by atoms with Crippen molar-refractivity contribution < 1.29 is 13.9 Å². The zero-order valence-corrected chi connectivity index (χ0v) is 20.3. The van der Waals surface area contributed by atoms with Gasteiger partial charge in [0.2, 0.25) is 5.91 Å². The van der Waals surface area contributed by atoms with Crippen molar-refractivity contribution in [2.75, 3.05) is 5.75 Å². The third kappa shape index (κ3) is 5.54. The molecule has 2 aromatic heterocycles. The van der Waals surface area contributed by atoms with Crippen LogP contribution >= 0.6 is 11.8 Å². The van der Waals surface area contributed by atoms with Crippen LogP contribution in [0.1, 0.15) is 70.1 Å². The van der Waals surface area contributed by atoms with E-state index < -0.39 is 0 Å². The van der Waals surface area contributed by atoms with Crippen LogP contribution in [0, 0.1) is 0 Å². The summed E-state index contributed by atoms with van der Waals surface area (Å²) in [7, 11) is 0. The van der Waals surface area contributed by atoms with E-state index in [0.717, 1.165) is 36.6 Å². The van der Waals surface area contributed by atoms with Crippen LogP contribution in [-0.4, -0.2) is 43.8 Å². The Morgan fingerprint density at radius 2 is 1.68 bits per heavy atom. The van der Waals surface area contributed by atoms with Crippen molar-refractivity contribution in [1.82, 2.24) is 20.1 Å². The molecule has 0 spiro atoms. The number of para-hydroxylation sites is 1. The predicted octanol–water partition coefficient (Wildman–Crippen LogP) is 5.78. The van der Waals surface area contributed by atoms with Crippen molar-refractivity contribution >= 4 is 28.6 Å². The van der Waals surface area contributed by atoms with Crippen molar-refractivity contribution in [2.24, 2.45) is 0 Å². The quantitative estimate of drug-likeness (QED) is 0.378. The minimum Gasteiger partial charge on any atom is -0.482 e. The van der Waals surface area contributed by atoms with Gasteiger partial charge < -0.3 is 14.1 Å². The molecule has 2 aliphatic carbocycles. The number of thioether (sulfide) groups is 1. The van der Waals surface area contributed by atoms with Crippen molar-refractivity contribution in [2.45, 2.75) is 88.1 Å². The Hall–Kier alpha value is -2.61. The van der Waals surface area contributed by atoms with Crippen LogP contribution in [0.5, 0.6) is 5.75 Å². The first-order valence-electron chi connectivity index (χ1n) is 12.5. The summed E-state index contributed by atoms with van der Waals surface area (Å²) in [5, 5.41) is 9.66. The van der Waals surface area contributed by atoms with E-state index >= 15 is 0 Å². The van der Waals surface area contributed by atoms with Crippen molar-refractivity contribution in [3.63, 3.8) is 0 Å². The first-order chi connectivity index (χ1) is 16.8. The molecular weight excluding hydrogens is 448 g/mol. The summed E-state index contributed by atoms with van der Waals surface area (Å²) in [5.41, 5.74) is 0.801. The number of aromatic nitrogens is 3. The lowest BCUT2D eigenvalue weighted by molar-refractivity contribution is -0.135. The molecule has 3 aromatic rings. The van der Waals surface area contributed by atoms with Crippen molar-refractivity contribution in [3.8, 4) is 5.75 Å². The van der Waals surface area contributed by atoms with Crippen LogP contribution in [0.25, 0.3) is 10.9 Å². The van der Waals surface area contributed by atoms with Gasteiger partial charge >= 0.3 is 0 Å². The number of nitrogens with zero attached hydrogens (tertiary/aromatic N) is 4. The number of carbonyl (C=O) groups excluding carboxylic acids is 1. The van der Waals surface area contributed by atoms with E-state index in [4.69, 9.17) is 9.15 Å². The maximum Gasteiger partial charge on any atom is 0.277 e. The summed E-state index contributed by atoms with van der Waals surface area (Å²) in [6.07, 6.45) is 13.8. The highest BCUT2D eigenvalue weighted by atomic mass is 32.2. The van der Waals surface area contributed by atoms with Crippen LogP contribution < -0.4 is 4.74 Å². The fraction of sp³-hybridized carbons (Fsp3) is 0.538. The van der Waals surface area contributed by atoms with Gasteiger partial charge in [0.05, 0.1) is 5.75 Å². The lowest BCUT2D eigenvalue weighted by Gasteiger charge is -2.41. The van der Waals surface area contributed by atoms with Crippen LogP contribution in [0.4, 0.5) is 0 Å². The molecule has 0 bridgehead atoms. The number of fused-ring (bicyclic) bond motifs is 1.